The van der Waals surface area contributed by atoms with Crippen molar-refractivity contribution in [1.29, 1.82) is 0 Å². The molecule has 2 fully saturated rings. The molecule has 4 aliphatic carbocycles. The molecule has 0 radical (unpaired) electrons. The second-order valence-electron chi connectivity index (χ2n) is 25.0. The number of ether oxygens (including phenoxy) is 2. The highest BCUT2D eigenvalue weighted by atomic mass is 19.1. The number of nitrogens with zero attached hydrogens (tertiary/aromatic N) is 4. The minimum Gasteiger partial charge on any atom is -0.444 e. The van der Waals surface area contributed by atoms with Crippen molar-refractivity contribution in [2.75, 3.05) is 40.3 Å². The quantitative estimate of drug-likeness (QED) is 0.235. The van der Waals surface area contributed by atoms with E-state index in [-0.39, 0.29) is 59.6 Å². The second kappa shape index (κ2) is 22.8. The van der Waals surface area contributed by atoms with Crippen LogP contribution in [0.25, 0.3) is 11.1 Å². The Morgan fingerprint density at radius 1 is 0.583 bits per heavy atom. The molecule has 2 atom stereocenters. The van der Waals surface area contributed by atoms with E-state index in [4.69, 9.17) is 9.47 Å². The molecule has 2 aromatic carbocycles. The van der Waals surface area contributed by atoms with E-state index in [1.54, 1.807) is 48.2 Å². The van der Waals surface area contributed by atoms with E-state index in [9.17, 15) is 28.0 Å². The van der Waals surface area contributed by atoms with Crippen molar-refractivity contribution in [2.45, 2.75) is 182 Å². The molecule has 0 bridgehead atoms. The molecule has 0 saturated heterocycles. The van der Waals surface area contributed by atoms with Crippen LogP contribution in [0.4, 0.5) is 18.4 Å². The molecular formula is C60H86F2N4O6. The van der Waals surface area contributed by atoms with E-state index in [0.29, 0.717) is 43.3 Å². The molecule has 10 nitrogen and oxygen atoms in total. The van der Waals surface area contributed by atoms with Gasteiger partial charge in [-0.05, 0) is 224 Å². The van der Waals surface area contributed by atoms with Crippen molar-refractivity contribution in [2.24, 2.45) is 35.5 Å². The van der Waals surface area contributed by atoms with Crippen LogP contribution in [0.2, 0.25) is 0 Å². The lowest BCUT2D eigenvalue weighted by Crippen LogP contribution is -2.48. The first-order chi connectivity index (χ1) is 33.8. The van der Waals surface area contributed by atoms with Gasteiger partial charge in [-0.2, -0.15) is 0 Å². The summed E-state index contributed by atoms with van der Waals surface area (Å²) in [6.45, 7) is 22.9. The molecule has 396 valence electrons. The monoisotopic (exact) mass is 997 g/mol. The van der Waals surface area contributed by atoms with Crippen molar-refractivity contribution >= 4 is 35.1 Å². The normalized spacial score (nSPS) is 24.0. The molecule has 6 aliphatic rings. The predicted molar refractivity (Wildman–Crippen MR) is 282 cm³/mol. The van der Waals surface area contributed by atoms with Crippen LogP contribution in [0.3, 0.4) is 0 Å². The lowest BCUT2D eigenvalue weighted by atomic mass is 9.80. The first-order valence-corrected chi connectivity index (χ1v) is 27.4. The highest BCUT2D eigenvalue weighted by Crippen LogP contribution is 2.46. The van der Waals surface area contributed by atoms with Gasteiger partial charge < -0.3 is 29.1 Å². The molecule has 2 heterocycles. The second-order valence-corrected chi connectivity index (χ2v) is 25.0. The third-order valence-corrected chi connectivity index (χ3v) is 15.9. The molecule has 2 aliphatic heterocycles. The zero-order valence-electron chi connectivity index (χ0n) is 45.8. The van der Waals surface area contributed by atoms with Gasteiger partial charge in [0, 0.05) is 52.1 Å². The lowest BCUT2D eigenvalue weighted by molar-refractivity contribution is -0.139. The van der Waals surface area contributed by atoms with Crippen molar-refractivity contribution in [3.8, 4) is 0 Å². The Morgan fingerprint density at radius 3 is 1.42 bits per heavy atom. The number of carbonyl (C=O) groups is 4. The molecule has 12 heteroatoms. The SMILES string of the molecule is CC(C)CC1C2=C(CCN1C(=O)C1CCC(CN(C)C(=O)OC(C)(C)C)CC1)c1cc(F)ccc1C2.CC(C)CC1C2=C(CCN1C(=O)C1CCC(CN(C)C(=O)OC(C)(C)C)CC1)c1ccc(F)cc1C2. The minimum absolute atomic E-state index is 0.0473. The maximum atomic E-state index is 14.0. The van der Waals surface area contributed by atoms with Crippen LogP contribution in [-0.4, -0.2) is 107 Å². The van der Waals surface area contributed by atoms with E-state index in [1.807, 2.05) is 53.7 Å². The van der Waals surface area contributed by atoms with Crippen molar-refractivity contribution in [1.82, 2.24) is 19.6 Å². The molecule has 0 aromatic heterocycles. The van der Waals surface area contributed by atoms with Crippen molar-refractivity contribution < 1.29 is 37.4 Å². The molecular weight excluding hydrogens is 911 g/mol. The molecule has 2 aromatic rings. The van der Waals surface area contributed by atoms with Crippen molar-refractivity contribution in [3.63, 3.8) is 0 Å². The lowest BCUT2D eigenvalue weighted by Gasteiger charge is -2.41. The summed E-state index contributed by atoms with van der Waals surface area (Å²) in [7, 11) is 3.60. The fourth-order valence-corrected chi connectivity index (χ4v) is 12.6. The highest BCUT2D eigenvalue weighted by Gasteiger charge is 2.42. The Labute approximate surface area is 430 Å². The third-order valence-electron chi connectivity index (χ3n) is 15.9. The Kier molecular flexibility index (Phi) is 17.4. The summed E-state index contributed by atoms with van der Waals surface area (Å²) in [4.78, 5) is 60.0. The molecule has 2 unspecified atom stereocenters. The topological polar surface area (TPSA) is 99.7 Å². The van der Waals surface area contributed by atoms with Crippen LogP contribution in [0.5, 0.6) is 0 Å². The number of fused-ring (bicyclic) bond motifs is 4. The molecule has 4 amide bonds. The first kappa shape index (κ1) is 55.0. The van der Waals surface area contributed by atoms with Crippen LogP contribution in [0, 0.1) is 47.1 Å². The van der Waals surface area contributed by atoms with Gasteiger partial charge in [0.15, 0.2) is 0 Å². The molecule has 2 saturated carbocycles. The van der Waals surface area contributed by atoms with Gasteiger partial charge in [0.05, 0.1) is 12.1 Å². The average Bonchev–Trinajstić information content (AvgIpc) is 3.86. The summed E-state index contributed by atoms with van der Waals surface area (Å²) in [6.07, 6.45) is 11.8. The molecule has 72 heavy (non-hydrogen) atoms. The molecule has 0 N–H and O–H groups in total. The summed E-state index contributed by atoms with van der Waals surface area (Å²) in [5.74, 6) is 2.03. The average molecular weight is 997 g/mol. The molecule has 0 spiro atoms. The number of carbonyl (C=O) groups excluding carboxylic acids is 4. The Hall–Kier alpha value is -4.74. The summed E-state index contributed by atoms with van der Waals surface area (Å²) in [6, 6.07) is 10.5. The van der Waals surface area contributed by atoms with Crippen LogP contribution >= 0.6 is 0 Å². The van der Waals surface area contributed by atoms with Crippen LogP contribution in [0.1, 0.15) is 169 Å². The van der Waals surface area contributed by atoms with Gasteiger partial charge in [-0.15, -0.1) is 0 Å². The zero-order chi connectivity index (χ0) is 52.4. The Morgan fingerprint density at radius 2 is 0.986 bits per heavy atom. The summed E-state index contributed by atoms with van der Waals surface area (Å²) in [5.41, 5.74) is 8.77. The van der Waals surface area contributed by atoms with Gasteiger partial charge in [0.1, 0.15) is 22.8 Å². The summed E-state index contributed by atoms with van der Waals surface area (Å²) >= 11 is 0. The maximum Gasteiger partial charge on any atom is 0.410 e. The van der Waals surface area contributed by atoms with E-state index in [1.165, 1.54) is 33.4 Å². The third kappa shape index (κ3) is 13.5. The minimum atomic E-state index is -0.499. The van der Waals surface area contributed by atoms with E-state index < -0.39 is 11.2 Å². The highest BCUT2D eigenvalue weighted by molar-refractivity contribution is 5.85. The van der Waals surface area contributed by atoms with E-state index in [2.05, 4.69) is 37.5 Å². The van der Waals surface area contributed by atoms with Gasteiger partial charge in [-0.25, -0.2) is 18.4 Å². The van der Waals surface area contributed by atoms with Crippen LogP contribution in [0.15, 0.2) is 47.5 Å². The molecule has 8 rings (SSSR count). The van der Waals surface area contributed by atoms with Gasteiger partial charge in [-0.1, -0.05) is 39.8 Å². The largest absolute Gasteiger partial charge is 0.444 e. The van der Waals surface area contributed by atoms with E-state index >= 15 is 0 Å². The van der Waals surface area contributed by atoms with Gasteiger partial charge in [0.2, 0.25) is 11.8 Å². The number of rotatable bonds is 10. The fraction of sp³-hybridized carbons (Fsp3) is 0.667. The van der Waals surface area contributed by atoms with Crippen LogP contribution in [-0.2, 0) is 31.9 Å². The maximum absolute atomic E-state index is 14.0. The number of halogens is 2. The van der Waals surface area contributed by atoms with Crippen molar-refractivity contribution in [3.05, 3.63) is 81.4 Å². The number of benzene rings is 2. The summed E-state index contributed by atoms with van der Waals surface area (Å²) in [5, 5.41) is 0. The Balaban J connectivity index is 0.000000211. The van der Waals surface area contributed by atoms with E-state index in [0.717, 1.165) is 108 Å². The van der Waals surface area contributed by atoms with Gasteiger partial charge in [-0.3, -0.25) is 9.59 Å². The number of hydrogen-bond acceptors (Lipinski definition) is 6. The predicted octanol–water partition coefficient (Wildman–Crippen LogP) is 12.9. The smallest absolute Gasteiger partial charge is 0.410 e. The Bertz CT molecular complexity index is 2360. The fourth-order valence-electron chi connectivity index (χ4n) is 12.6. The zero-order valence-corrected chi connectivity index (χ0v) is 45.8. The van der Waals surface area contributed by atoms with Gasteiger partial charge in [0.25, 0.3) is 0 Å². The first-order valence-electron chi connectivity index (χ1n) is 27.4. The van der Waals surface area contributed by atoms with Gasteiger partial charge >= 0.3 is 12.2 Å². The number of hydrogen-bond donors (Lipinski definition) is 0. The summed E-state index contributed by atoms with van der Waals surface area (Å²) < 4.78 is 38.9. The standard InChI is InChI=1S/2C30H43FN2O3/c1-19(2)15-27-26-17-22-16-23(31)11-12-24(22)25(26)13-14-33(27)28(34)21-9-7-20(8-10-21)18-32(6)29(35)36-30(3,4)5;1-19(2)15-27-26-16-22-11-12-23(31)17-25(22)24(26)13-14-33(27)28(34)21-9-7-20(8-10-21)18-32(6)29(35)36-30(3,4)5/h11-12,16,19-21,27H,7-10,13-15,17-18H2,1-6H3;11-12,17,19-21,27H,7-10,13-16,18H2,1-6H3. The number of amides is 4. The van der Waals surface area contributed by atoms with Crippen LogP contribution < -0.4 is 0 Å².